The van der Waals surface area contributed by atoms with E-state index in [0.29, 0.717) is 29.9 Å². The summed E-state index contributed by atoms with van der Waals surface area (Å²) in [5, 5.41) is 0.690. The van der Waals surface area contributed by atoms with Crippen LogP contribution >= 0.6 is 11.6 Å². The number of halogens is 1. The first-order valence-corrected chi connectivity index (χ1v) is 21.3. The molecule has 2 aliphatic carbocycles. The topological polar surface area (TPSA) is 65.1 Å². The van der Waals surface area contributed by atoms with E-state index < -0.39 is 11.0 Å². The Bertz CT molecular complexity index is 1590. The normalized spacial score (nSPS) is 35.5. The Morgan fingerprint density at radius 3 is 2.72 bits per heavy atom. The van der Waals surface area contributed by atoms with Crippen LogP contribution in [-0.2, 0) is 22.8 Å². The summed E-state index contributed by atoms with van der Waals surface area (Å²) in [5.41, 5.74) is 4.12. The highest BCUT2D eigenvalue weighted by Crippen LogP contribution is 2.48. The van der Waals surface area contributed by atoms with Crippen LogP contribution in [-0.4, -0.2) is 83.6 Å². The number of ether oxygens (including phenoxy) is 1. The third-order valence-electron chi connectivity index (χ3n) is 13.8. The Morgan fingerprint density at radius 2 is 1.86 bits per heavy atom. The van der Waals surface area contributed by atoms with Crippen molar-refractivity contribution in [3.8, 4) is 5.75 Å². The molecule has 1 saturated carbocycles. The summed E-state index contributed by atoms with van der Waals surface area (Å²) in [6.07, 6.45) is 13.3. The molecule has 0 radical (unpaired) electrons. The van der Waals surface area contributed by atoms with Gasteiger partial charge in [-0.15, -0.1) is 0 Å². The first kappa shape index (κ1) is 34.9. The zero-order chi connectivity index (χ0) is 34.4. The number of hydrogen-bond acceptors (Lipinski definition) is 6. The van der Waals surface area contributed by atoms with E-state index >= 15 is 0 Å². The molecule has 1 N–H and O–H groups in total. The second-order valence-electron chi connectivity index (χ2n) is 16.8. The largest absolute Gasteiger partial charge is 0.490 e. The van der Waals surface area contributed by atoms with E-state index in [4.69, 9.17) is 16.3 Å². The second kappa shape index (κ2) is 14.7. The number of fused-ring (bicyclic) bond motifs is 5. The van der Waals surface area contributed by atoms with Crippen LogP contribution in [0.4, 0.5) is 5.69 Å². The summed E-state index contributed by atoms with van der Waals surface area (Å²) in [4.78, 5) is 21.8. The van der Waals surface area contributed by atoms with Gasteiger partial charge in [0.05, 0.1) is 17.5 Å². The number of piperazine rings is 1. The monoisotopic (exact) mass is 720 g/mol. The highest BCUT2D eigenvalue weighted by atomic mass is 35.5. The van der Waals surface area contributed by atoms with Crippen molar-refractivity contribution in [2.24, 2.45) is 23.7 Å². The molecule has 1 spiro atoms. The molecule has 9 heteroatoms. The summed E-state index contributed by atoms with van der Waals surface area (Å²) < 4.78 is 23.1. The fourth-order valence-electron chi connectivity index (χ4n) is 10.5. The highest BCUT2D eigenvalue weighted by Gasteiger charge is 2.45. The van der Waals surface area contributed by atoms with Gasteiger partial charge in [-0.05, 0) is 136 Å². The Balaban J connectivity index is 1.12. The van der Waals surface area contributed by atoms with Crippen LogP contribution in [0.25, 0.3) is 0 Å². The molecule has 6 aliphatic rings. The molecule has 2 bridgehead atoms. The summed E-state index contributed by atoms with van der Waals surface area (Å²) in [7, 11) is -1.46. The average molecular weight is 721 g/mol. The molecule has 8 rings (SSSR count). The predicted molar refractivity (Wildman–Crippen MR) is 204 cm³/mol. The van der Waals surface area contributed by atoms with E-state index in [0.717, 1.165) is 67.7 Å². The van der Waals surface area contributed by atoms with Crippen LogP contribution in [0.5, 0.6) is 5.75 Å². The molecule has 50 heavy (non-hydrogen) atoms. The number of nitrogens with one attached hydrogen (secondary N) is 1. The number of anilines is 1. The molecule has 2 aromatic rings. The summed E-state index contributed by atoms with van der Waals surface area (Å²) in [6, 6.07) is 13.0. The van der Waals surface area contributed by atoms with E-state index in [1.54, 1.807) is 0 Å². The van der Waals surface area contributed by atoms with Crippen molar-refractivity contribution in [1.29, 1.82) is 0 Å². The summed E-state index contributed by atoms with van der Waals surface area (Å²) >= 11 is 6.52. The lowest BCUT2D eigenvalue weighted by atomic mass is 9.65. The molecule has 2 aromatic carbocycles. The molecule has 0 aromatic heterocycles. The van der Waals surface area contributed by atoms with Gasteiger partial charge in [0, 0.05) is 61.3 Å². The van der Waals surface area contributed by atoms with Gasteiger partial charge in [0.2, 0.25) is 0 Å². The fourth-order valence-corrected chi connectivity index (χ4v) is 11.8. The van der Waals surface area contributed by atoms with Crippen LogP contribution in [0.2, 0.25) is 5.02 Å². The van der Waals surface area contributed by atoms with Crippen molar-refractivity contribution in [2.45, 2.75) is 101 Å². The van der Waals surface area contributed by atoms with Gasteiger partial charge in [0.25, 0.3) is 5.91 Å². The Labute approximate surface area is 307 Å². The maximum atomic E-state index is 13.6. The summed E-state index contributed by atoms with van der Waals surface area (Å²) in [5.74, 6) is 2.83. The van der Waals surface area contributed by atoms with Gasteiger partial charge in [0.15, 0.2) is 0 Å². The molecule has 2 saturated heterocycles. The van der Waals surface area contributed by atoms with Gasteiger partial charge in [-0.3, -0.25) is 14.4 Å². The number of hydrogen-bond donors (Lipinski definition) is 1. The van der Waals surface area contributed by atoms with E-state index in [9.17, 15) is 9.00 Å². The minimum atomic E-state index is -1.46. The zero-order valence-corrected chi connectivity index (χ0v) is 31.8. The quantitative estimate of drug-likeness (QED) is 0.354. The Morgan fingerprint density at radius 1 is 0.960 bits per heavy atom. The third-order valence-corrected chi connectivity index (χ3v) is 15.6. The minimum Gasteiger partial charge on any atom is -0.490 e. The first-order valence-electron chi connectivity index (χ1n) is 19.7. The smallest absolute Gasteiger partial charge is 0.263 e. The fraction of sp³-hybridized carbons (Fsp3) is 0.683. The lowest BCUT2D eigenvalue weighted by molar-refractivity contribution is 0.0159. The molecule has 272 valence electrons. The van der Waals surface area contributed by atoms with Crippen LogP contribution in [0.1, 0.15) is 99.5 Å². The second-order valence-corrected chi connectivity index (χ2v) is 18.8. The molecule has 7 nitrogen and oxygen atoms in total. The lowest BCUT2D eigenvalue weighted by Crippen LogP contribution is -2.56. The maximum absolute atomic E-state index is 13.6. The number of nitrogens with zero attached hydrogens (tertiary/aromatic N) is 3. The van der Waals surface area contributed by atoms with Crippen molar-refractivity contribution in [2.75, 3.05) is 57.3 Å². The number of benzene rings is 2. The Kier molecular flexibility index (Phi) is 10.3. The van der Waals surface area contributed by atoms with Crippen LogP contribution < -0.4 is 14.4 Å². The first-order chi connectivity index (χ1) is 24.3. The van der Waals surface area contributed by atoms with Crippen molar-refractivity contribution >= 4 is 34.2 Å². The van der Waals surface area contributed by atoms with Crippen molar-refractivity contribution in [1.82, 2.24) is 14.5 Å². The zero-order valence-electron chi connectivity index (χ0n) is 30.2. The minimum absolute atomic E-state index is 0.110. The van der Waals surface area contributed by atoms with Gasteiger partial charge in [-0.2, -0.15) is 0 Å². The SMILES string of the molecule is CC1CCCC(CN2CCN3CCCCC3C2)C2CCC2CN2C[C@@]3(CCCc4cc(Cl)ccc43)COc3ccc(cc32)C(=O)NS(=O)C1C. The Hall–Kier alpha value is -2.13. The molecule has 4 heterocycles. The van der Waals surface area contributed by atoms with Gasteiger partial charge >= 0.3 is 0 Å². The van der Waals surface area contributed by atoms with E-state index in [2.05, 4.69) is 38.5 Å². The van der Waals surface area contributed by atoms with Crippen molar-refractivity contribution in [3.63, 3.8) is 0 Å². The maximum Gasteiger partial charge on any atom is 0.263 e. The molecule has 7 unspecified atom stereocenters. The van der Waals surface area contributed by atoms with Crippen LogP contribution in [0.3, 0.4) is 0 Å². The number of amides is 1. The predicted octanol–water partition coefficient (Wildman–Crippen LogP) is 7.23. The number of aryl methyl sites for hydroxylation is 1. The lowest BCUT2D eigenvalue weighted by Gasteiger charge is -2.49. The molecule has 1 amide bonds. The summed E-state index contributed by atoms with van der Waals surface area (Å²) in [6.45, 7) is 12.8. The molecule has 4 aliphatic heterocycles. The van der Waals surface area contributed by atoms with Gasteiger partial charge in [-0.25, -0.2) is 4.21 Å². The van der Waals surface area contributed by atoms with Crippen molar-refractivity contribution in [3.05, 3.63) is 58.1 Å². The number of carbonyl (C=O) groups excluding carboxylic acids is 1. The average Bonchev–Trinajstić information content (AvgIpc) is 3.25. The standard InChI is InChI=1S/C41H57ClN4O3S/c1-28-7-5-8-32(23-44-19-20-45-18-4-3-10-35(45)25-44)36-14-11-33(36)24-46-26-41(17-6-9-30-21-34(42)13-15-37(30)41)27-49-39-16-12-31(22-38(39)46)40(47)43-50(48)29(28)2/h12-13,15-16,21-22,28-29,32-33,35-36H,3-11,14,17-20,23-27H2,1-2H3,(H,43,47)/t28?,29?,32?,33?,35?,36?,41-,50?/m0/s1. The van der Waals surface area contributed by atoms with Gasteiger partial charge in [0.1, 0.15) is 16.7 Å². The molecule has 8 atom stereocenters. The van der Waals surface area contributed by atoms with Gasteiger partial charge < -0.3 is 14.5 Å². The number of rotatable bonds is 2. The van der Waals surface area contributed by atoms with Gasteiger partial charge in [-0.1, -0.05) is 37.4 Å². The molecular formula is C41H57ClN4O3S. The van der Waals surface area contributed by atoms with Crippen LogP contribution in [0.15, 0.2) is 36.4 Å². The van der Waals surface area contributed by atoms with E-state index in [1.807, 2.05) is 31.2 Å². The van der Waals surface area contributed by atoms with Crippen LogP contribution in [0, 0.1) is 23.7 Å². The number of piperidine rings is 1. The van der Waals surface area contributed by atoms with E-state index in [-0.39, 0.29) is 22.5 Å². The van der Waals surface area contributed by atoms with Crippen molar-refractivity contribution < 1.29 is 13.7 Å². The molecule has 3 fully saturated rings. The van der Waals surface area contributed by atoms with E-state index in [1.165, 1.54) is 82.4 Å². The molecular weight excluding hydrogens is 664 g/mol. The third kappa shape index (κ3) is 7.00. The highest BCUT2D eigenvalue weighted by molar-refractivity contribution is 7.84. The number of carbonyl (C=O) groups is 1.